The summed E-state index contributed by atoms with van der Waals surface area (Å²) in [6.45, 7) is 5.16. The van der Waals surface area contributed by atoms with Gasteiger partial charge in [0.25, 0.3) is 0 Å². The molecule has 3 nitrogen and oxygen atoms in total. The fraction of sp³-hybridized carbons (Fsp3) is 0.294. The fourth-order valence-electron chi connectivity index (χ4n) is 1.97. The van der Waals surface area contributed by atoms with Gasteiger partial charge in [0.1, 0.15) is 11.6 Å². The van der Waals surface area contributed by atoms with Crippen LogP contribution in [0.2, 0.25) is 0 Å². The van der Waals surface area contributed by atoms with Crippen LogP contribution in [0.15, 0.2) is 36.4 Å². The van der Waals surface area contributed by atoms with Crippen LogP contribution in [0.5, 0.6) is 0 Å². The molecule has 0 radical (unpaired) electrons. The van der Waals surface area contributed by atoms with Crippen LogP contribution < -0.4 is 16.8 Å². The van der Waals surface area contributed by atoms with Gasteiger partial charge in [-0.3, -0.25) is 0 Å². The molecule has 0 aromatic heterocycles. The van der Waals surface area contributed by atoms with Crippen molar-refractivity contribution in [3.63, 3.8) is 0 Å². The molecular weight excluding hydrogens is 284 g/mol. The number of rotatable bonds is 4. The lowest BCUT2D eigenvalue weighted by Crippen LogP contribution is -2.05. The Kier molecular flexibility index (Phi) is 7.32. The molecule has 2 aromatic rings. The summed E-state index contributed by atoms with van der Waals surface area (Å²) in [5.74, 6) is -0.502. The molecule has 0 saturated carbocycles. The molecule has 2 aromatic carbocycles. The second kappa shape index (κ2) is 9.00. The number of nitrogens with one attached hydrogen (secondary N) is 1. The van der Waals surface area contributed by atoms with E-state index in [4.69, 9.17) is 11.5 Å². The average molecular weight is 307 g/mol. The molecule has 0 fully saturated rings. The minimum absolute atomic E-state index is 0.233. The third-order valence-corrected chi connectivity index (χ3v) is 3.15. The molecule has 0 heterocycles. The summed E-state index contributed by atoms with van der Waals surface area (Å²) in [4.78, 5) is 0. The maximum atomic E-state index is 12.7. The Morgan fingerprint density at radius 2 is 1.55 bits per heavy atom. The normalized spacial score (nSPS) is 9.86. The Labute approximate surface area is 130 Å². The molecule has 0 aliphatic rings. The highest BCUT2D eigenvalue weighted by molar-refractivity contribution is 5.51. The van der Waals surface area contributed by atoms with Crippen LogP contribution in [-0.2, 0) is 13.0 Å². The second-order valence-electron chi connectivity index (χ2n) is 4.73. The van der Waals surface area contributed by atoms with E-state index in [0.717, 1.165) is 29.8 Å². The second-order valence-corrected chi connectivity index (χ2v) is 4.73. The van der Waals surface area contributed by atoms with Gasteiger partial charge in [-0.2, -0.15) is 0 Å². The standard InChI is InChI=1S/C9H13FN2.C8H10FN/c1-2-12-9-5-8(10)4-3-7(9)6-11;1-2-6-3-4-7(9)5-8(6)10/h3-5,12H,2,6,11H2,1H3;3-5H,2,10H2,1H3. The lowest BCUT2D eigenvalue weighted by molar-refractivity contribution is 0.627. The minimum Gasteiger partial charge on any atom is -0.398 e. The van der Waals surface area contributed by atoms with Gasteiger partial charge in [0.05, 0.1) is 0 Å². The first kappa shape index (κ1) is 17.9. The van der Waals surface area contributed by atoms with Crippen molar-refractivity contribution in [2.75, 3.05) is 17.6 Å². The maximum absolute atomic E-state index is 12.7. The number of halogens is 2. The molecule has 0 bridgehead atoms. The summed E-state index contributed by atoms with van der Waals surface area (Å²) in [6.07, 6.45) is 0.853. The highest BCUT2D eigenvalue weighted by Crippen LogP contribution is 2.16. The smallest absolute Gasteiger partial charge is 0.125 e. The first-order chi connectivity index (χ1) is 10.5. The lowest BCUT2D eigenvalue weighted by Gasteiger charge is -2.08. The molecule has 2 rings (SSSR count). The highest BCUT2D eigenvalue weighted by atomic mass is 19.1. The van der Waals surface area contributed by atoms with E-state index in [0.29, 0.717) is 12.2 Å². The Bertz CT molecular complexity index is 600. The fourth-order valence-corrected chi connectivity index (χ4v) is 1.97. The molecule has 0 spiro atoms. The SMILES string of the molecule is CCNc1cc(F)ccc1CN.CCc1ccc(F)cc1N. The molecule has 120 valence electrons. The molecule has 0 aliphatic carbocycles. The first-order valence-corrected chi connectivity index (χ1v) is 7.28. The van der Waals surface area contributed by atoms with Crippen molar-refractivity contribution in [3.8, 4) is 0 Å². The van der Waals surface area contributed by atoms with Crippen molar-refractivity contribution >= 4 is 11.4 Å². The van der Waals surface area contributed by atoms with E-state index in [2.05, 4.69) is 5.32 Å². The van der Waals surface area contributed by atoms with Gasteiger partial charge in [-0.1, -0.05) is 19.1 Å². The average Bonchev–Trinajstić information content (AvgIpc) is 2.49. The van der Waals surface area contributed by atoms with Crippen LogP contribution >= 0.6 is 0 Å². The molecule has 0 saturated heterocycles. The van der Waals surface area contributed by atoms with Gasteiger partial charge in [0, 0.05) is 24.5 Å². The van der Waals surface area contributed by atoms with Crippen LogP contribution in [0.25, 0.3) is 0 Å². The van der Waals surface area contributed by atoms with Gasteiger partial charge in [-0.25, -0.2) is 8.78 Å². The number of aryl methyl sites for hydroxylation is 1. The van der Waals surface area contributed by atoms with E-state index in [1.54, 1.807) is 12.1 Å². The van der Waals surface area contributed by atoms with Crippen LogP contribution in [0, 0.1) is 11.6 Å². The minimum atomic E-state index is -0.269. The molecule has 0 atom stereocenters. The molecule has 5 heteroatoms. The number of nitrogen functional groups attached to an aromatic ring is 1. The van der Waals surface area contributed by atoms with E-state index in [1.807, 2.05) is 13.8 Å². The zero-order valence-corrected chi connectivity index (χ0v) is 13.0. The summed E-state index contributed by atoms with van der Waals surface area (Å²) in [7, 11) is 0. The van der Waals surface area contributed by atoms with Gasteiger partial charge in [-0.15, -0.1) is 0 Å². The van der Waals surface area contributed by atoms with E-state index in [9.17, 15) is 8.78 Å². The highest BCUT2D eigenvalue weighted by Gasteiger charge is 2.00. The topological polar surface area (TPSA) is 64.1 Å². The largest absolute Gasteiger partial charge is 0.398 e. The quantitative estimate of drug-likeness (QED) is 0.755. The molecular formula is C17H23F2N3. The number of nitrogens with two attached hydrogens (primary N) is 2. The molecule has 0 amide bonds. The van der Waals surface area contributed by atoms with Crippen LogP contribution in [0.1, 0.15) is 25.0 Å². The zero-order chi connectivity index (χ0) is 16.5. The van der Waals surface area contributed by atoms with E-state index >= 15 is 0 Å². The van der Waals surface area contributed by atoms with E-state index in [1.165, 1.54) is 24.3 Å². The number of hydrogen-bond donors (Lipinski definition) is 3. The van der Waals surface area contributed by atoms with Crippen LogP contribution in [0.4, 0.5) is 20.2 Å². The van der Waals surface area contributed by atoms with Gasteiger partial charge in [0.15, 0.2) is 0 Å². The zero-order valence-electron chi connectivity index (χ0n) is 13.0. The number of benzene rings is 2. The van der Waals surface area contributed by atoms with E-state index < -0.39 is 0 Å². The Hall–Kier alpha value is -2.14. The van der Waals surface area contributed by atoms with Crippen molar-refractivity contribution < 1.29 is 8.78 Å². The lowest BCUT2D eigenvalue weighted by atomic mass is 10.1. The third-order valence-electron chi connectivity index (χ3n) is 3.15. The predicted molar refractivity (Wildman–Crippen MR) is 88.6 cm³/mol. The van der Waals surface area contributed by atoms with Crippen molar-refractivity contribution in [3.05, 3.63) is 59.2 Å². The summed E-state index contributed by atoms with van der Waals surface area (Å²) < 4.78 is 25.1. The van der Waals surface area contributed by atoms with Gasteiger partial charge in [-0.05, 0) is 48.7 Å². The summed E-state index contributed by atoms with van der Waals surface area (Å²) >= 11 is 0. The van der Waals surface area contributed by atoms with Gasteiger partial charge < -0.3 is 16.8 Å². The first-order valence-electron chi connectivity index (χ1n) is 7.28. The van der Waals surface area contributed by atoms with E-state index in [-0.39, 0.29) is 11.6 Å². The predicted octanol–water partition coefficient (Wildman–Crippen LogP) is 3.69. The van der Waals surface area contributed by atoms with Gasteiger partial charge >= 0.3 is 0 Å². The van der Waals surface area contributed by atoms with Crippen molar-refractivity contribution in [1.29, 1.82) is 0 Å². The molecule has 0 unspecified atom stereocenters. The van der Waals surface area contributed by atoms with Gasteiger partial charge in [0.2, 0.25) is 0 Å². The number of hydrogen-bond acceptors (Lipinski definition) is 3. The van der Waals surface area contributed by atoms with Crippen molar-refractivity contribution in [2.24, 2.45) is 5.73 Å². The Morgan fingerprint density at radius 1 is 0.955 bits per heavy atom. The number of anilines is 2. The third kappa shape index (κ3) is 5.33. The summed E-state index contributed by atoms with van der Waals surface area (Å²) in [5, 5.41) is 3.05. The Morgan fingerprint density at radius 3 is 2.05 bits per heavy atom. The molecule has 22 heavy (non-hydrogen) atoms. The summed E-state index contributed by atoms with van der Waals surface area (Å²) in [5.41, 5.74) is 14.2. The van der Waals surface area contributed by atoms with Crippen LogP contribution in [0.3, 0.4) is 0 Å². The Balaban J connectivity index is 0.000000224. The molecule has 5 N–H and O–H groups in total. The van der Waals surface area contributed by atoms with Crippen molar-refractivity contribution in [2.45, 2.75) is 26.8 Å². The van der Waals surface area contributed by atoms with Crippen molar-refractivity contribution in [1.82, 2.24) is 0 Å². The maximum Gasteiger partial charge on any atom is 0.125 e. The monoisotopic (exact) mass is 307 g/mol. The van der Waals surface area contributed by atoms with Crippen LogP contribution in [-0.4, -0.2) is 6.54 Å². The molecule has 0 aliphatic heterocycles. The summed E-state index contributed by atoms with van der Waals surface area (Å²) in [6, 6.07) is 9.07.